The van der Waals surface area contributed by atoms with Gasteiger partial charge in [-0.05, 0) is 25.8 Å². The standard InChI is InChI=1S/C10H14F3N3/c1-6(14)5-16-8(7-2-3-7)4-9(15-16)10(11,12)13/h4,6-7H,2-3,5,14H2,1H3/t6-/m1/s1. The fourth-order valence-electron chi connectivity index (χ4n) is 1.70. The van der Waals surface area contributed by atoms with E-state index in [0.717, 1.165) is 18.9 Å². The van der Waals surface area contributed by atoms with E-state index in [-0.39, 0.29) is 12.0 Å². The SMILES string of the molecule is C[C@@H](N)Cn1nc(C(F)(F)F)cc1C1CC1. The maximum Gasteiger partial charge on any atom is 0.435 e. The summed E-state index contributed by atoms with van der Waals surface area (Å²) in [6, 6.07) is 0.957. The van der Waals surface area contributed by atoms with Crippen LogP contribution in [0.2, 0.25) is 0 Å². The first-order valence-electron chi connectivity index (χ1n) is 5.28. The molecule has 0 amide bonds. The van der Waals surface area contributed by atoms with Gasteiger partial charge in [0.2, 0.25) is 0 Å². The fraction of sp³-hybridized carbons (Fsp3) is 0.700. The van der Waals surface area contributed by atoms with Crippen LogP contribution in [-0.4, -0.2) is 15.8 Å². The van der Waals surface area contributed by atoms with Gasteiger partial charge >= 0.3 is 6.18 Å². The maximum atomic E-state index is 12.5. The largest absolute Gasteiger partial charge is 0.435 e. The lowest BCUT2D eigenvalue weighted by Crippen LogP contribution is -2.24. The number of halogens is 3. The highest BCUT2D eigenvalue weighted by molar-refractivity contribution is 5.21. The Kier molecular flexibility index (Phi) is 2.69. The highest BCUT2D eigenvalue weighted by Crippen LogP contribution is 2.42. The minimum absolute atomic E-state index is 0.196. The van der Waals surface area contributed by atoms with E-state index in [1.165, 1.54) is 4.68 Å². The smallest absolute Gasteiger partial charge is 0.326 e. The van der Waals surface area contributed by atoms with Gasteiger partial charge in [0.1, 0.15) is 0 Å². The number of nitrogens with zero attached hydrogens (tertiary/aromatic N) is 2. The number of nitrogens with two attached hydrogens (primary N) is 1. The van der Waals surface area contributed by atoms with Crippen molar-refractivity contribution < 1.29 is 13.2 Å². The summed E-state index contributed by atoms with van der Waals surface area (Å²) in [5.41, 5.74) is 5.45. The first-order valence-corrected chi connectivity index (χ1v) is 5.28. The minimum atomic E-state index is -4.37. The van der Waals surface area contributed by atoms with Crippen molar-refractivity contribution in [1.29, 1.82) is 0 Å². The van der Waals surface area contributed by atoms with E-state index in [0.29, 0.717) is 12.2 Å². The average Bonchev–Trinajstić information content (AvgIpc) is 2.86. The quantitative estimate of drug-likeness (QED) is 0.869. The molecule has 0 unspecified atom stereocenters. The van der Waals surface area contributed by atoms with Crippen molar-refractivity contribution in [3.8, 4) is 0 Å². The zero-order chi connectivity index (χ0) is 11.9. The predicted octanol–water partition coefficient (Wildman–Crippen LogP) is 2.13. The molecule has 0 radical (unpaired) electrons. The van der Waals surface area contributed by atoms with Gasteiger partial charge in [-0.1, -0.05) is 0 Å². The van der Waals surface area contributed by atoms with E-state index < -0.39 is 11.9 Å². The Morgan fingerprint density at radius 1 is 1.56 bits per heavy atom. The van der Waals surface area contributed by atoms with Gasteiger partial charge in [-0.3, -0.25) is 4.68 Å². The predicted molar refractivity (Wildman–Crippen MR) is 52.9 cm³/mol. The first-order chi connectivity index (χ1) is 7.38. The van der Waals surface area contributed by atoms with Crippen LogP contribution in [-0.2, 0) is 12.7 Å². The molecule has 0 aromatic carbocycles. The molecule has 2 N–H and O–H groups in total. The first kappa shape index (κ1) is 11.4. The summed E-state index contributed by atoms with van der Waals surface area (Å²) >= 11 is 0. The summed E-state index contributed by atoms with van der Waals surface area (Å²) in [5, 5.41) is 3.59. The van der Waals surface area contributed by atoms with Gasteiger partial charge in [0.05, 0.1) is 6.54 Å². The van der Waals surface area contributed by atoms with Gasteiger partial charge in [0, 0.05) is 17.7 Å². The molecule has 2 rings (SSSR count). The lowest BCUT2D eigenvalue weighted by atomic mass is 10.2. The molecule has 1 fully saturated rings. The summed E-state index contributed by atoms with van der Waals surface area (Å²) in [7, 11) is 0. The van der Waals surface area contributed by atoms with Gasteiger partial charge < -0.3 is 5.73 Å². The third kappa shape index (κ3) is 2.37. The molecule has 1 atom stereocenters. The van der Waals surface area contributed by atoms with Crippen LogP contribution in [0.5, 0.6) is 0 Å². The summed E-state index contributed by atoms with van der Waals surface area (Å²) in [6.45, 7) is 2.09. The molecule has 0 spiro atoms. The maximum absolute atomic E-state index is 12.5. The van der Waals surface area contributed by atoms with E-state index in [4.69, 9.17) is 5.73 Å². The fourth-order valence-corrected chi connectivity index (χ4v) is 1.70. The van der Waals surface area contributed by atoms with Crippen molar-refractivity contribution in [2.24, 2.45) is 5.73 Å². The summed E-state index contributed by atoms with van der Waals surface area (Å²) in [6.07, 6.45) is -2.48. The Bertz CT molecular complexity index is 377. The minimum Gasteiger partial charge on any atom is -0.326 e. The third-order valence-electron chi connectivity index (χ3n) is 2.56. The molecule has 1 aliphatic rings. The molecule has 16 heavy (non-hydrogen) atoms. The van der Waals surface area contributed by atoms with Crippen LogP contribution < -0.4 is 5.73 Å². The Labute approximate surface area is 91.4 Å². The zero-order valence-electron chi connectivity index (χ0n) is 8.96. The van der Waals surface area contributed by atoms with Crippen LogP contribution in [0, 0.1) is 0 Å². The van der Waals surface area contributed by atoms with E-state index in [2.05, 4.69) is 5.10 Å². The molecular weight excluding hydrogens is 219 g/mol. The number of rotatable bonds is 3. The van der Waals surface area contributed by atoms with Crippen molar-refractivity contribution in [2.75, 3.05) is 0 Å². The summed E-state index contributed by atoms with van der Waals surface area (Å²) in [5.74, 6) is 0.238. The second-order valence-electron chi connectivity index (χ2n) is 4.39. The summed E-state index contributed by atoms with van der Waals surface area (Å²) < 4.78 is 38.9. The van der Waals surface area contributed by atoms with Gasteiger partial charge in [-0.2, -0.15) is 18.3 Å². The molecule has 0 bridgehead atoms. The van der Waals surface area contributed by atoms with Crippen molar-refractivity contribution in [3.63, 3.8) is 0 Å². The van der Waals surface area contributed by atoms with Crippen molar-refractivity contribution in [2.45, 2.75) is 44.4 Å². The lowest BCUT2D eigenvalue weighted by molar-refractivity contribution is -0.141. The van der Waals surface area contributed by atoms with Crippen LogP contribution in [0.15, 0.2) is 6.07 Å². The Hall–Kier alpha value is -1.04. The van der Waals surface area contributed by atoms with Gasteiger partial charge in [-0.25, -0.2) is 0 Å². The van der Waals surface area contributed by atoms with Crippen LogP contribution >= 0.6 is 0 Å². The molecule has 1 heterocycles. The molecule has 1 aromatic rings. The van der Waals surface area contributed by atoms with Gasteiger partial charge in [-0.15, -0.1) is 0 Å². The highest BCUT2D eigenvalue weighted by Gasteiger charge is 2.37. The molecular formula is C10H14F3N3. The topological polar surface area (TPSA) is 43.8 Å². The highest BCUT2D eigenvalue weighted by atomic mass is 19.4. The van der Waals surface area contributed by atoms with E-state index >= 15 is 0 Å². The monoisotopic (exact) mass is 233 g/mol. The molecule has 3 nitrogen and oxygen atoms in total. The molecule has 90 valence electrons. The second-order valence-corrected chi connectivity index (χ2v) is 4.39. The van der Waals surface area contributed by atoms with Crippen molar-refractivity contribution >= 4 is 0 Å². The normalized spacial score (nSPS) is 18.8. The number of hydrogen-bond donors (Lipinski definition) is 1. The van der Waals surface area contributed by atoms with Crippen LogP contribution in [0.25, 0.3) is 0 Å². The molecule has 1 aliphatic carbocycles. The molecule has 0 aliphatic heterocycles. The Morgan fingerprint density at radius 2 is 2.19 bits per heavy atom. The number of alkyl halides is 3. The van der Waals surface area contributed by atoms with Crippen LogP contribution in [0.1, 0.15) is 37.1 Å². The van der Waals surface area contributed by atoms with E-state index in [9.17, 15) is 13.2 Å². The van der Waals surface area contributed by atoms with E-state index in [1.54, 1.807) is 6.92 Å². The third-order valence-corrected chi connectivity index (χ3v) is 2.56. The van der Waals surface area contributed by atoms with E-state index in [1.807, 2.05) is 0 Å². The molecule has 1 aromatic heterocycles. The van der Waals surface area contributed by atoms with Crippen LogP contribution in [0.4, 0.5) is 13.2 Å². The van der Waals surface area contributed by atoms with Crippen LogP contribution in [0.3, 0.4) is 0 Å². The number of hydrogen-bond acceptors (Lipinski definition) is 2. The van der Waals surface area contributed by atoms with Crippen molar-refractivity contribution in [3.05, 3.63) is 17.5 Å². The second kappa shape index (κ2) is 3.76. The van der Waals surface area contributed by atoms with Crippen molar-refractivity contribution in [1.82, 2.24) is 9.78 Å². The van der Waals surface area contributed by atoms with Gasteiger partial charge in [0.25, 0.3) is 0 Å². The lowest BCUT2D eigenvalue weighted by Gasteiger charge is -2.08. The van der Waals surface area contributed by atoms with Gasteiger partial charge in [0.15, 0.2) is 5.69 Å². The summed E-state index contributed by atoms with van der Waals surface area (Å²) in [4.78, 5) is 0. The zero-order valence-corrected chi connectivity index (χ0v) is 8.96. The molecule has 1 saturated carbocycles. The average molecular weight is 233 g/mol. The Morgan fingerprint density at radius 3 is 2.62 bits per heavy atom. The molecule has 0 saturated heterocycles. The molecule has 6 heteroatoms. The Balaban J connectivity index is 2.30. The number of aromatic nitrogens is 2.